The molecule has 0 aliphatic rings. The molecule has 4 heteroatoms. The fourth-order valence-electron chi connectivity index (χ4n) is 1.61. The van der Waals surface area contributed by atoms with Crippen LogP contribution in [0.2, 0.25) is 0 Å². The highest BCUT2D eigenvalue weighted by Crippen LogP contribution is 2.23. The van der Waals surface area contributed by atoms with Crippen molar-refractivity contribution in [1.29, 1.82) is 0 Å². The Morgan fingerprint density at radius 1 is 1.56 bits per heavy atom. The molecule has 0 aliphatic carbocycles. The topological polar surface area (TPSA) is 21.3 Å². The summed E-state index contributed by atoms with van der Waals surface area (Å²) in [5, 5.41) is 5.62. The number of halogens is 1. The average Bonchev–Trinajstić information content (AvgIpc) is 2.60. The van der Waals surface area contributed by atoms with Crippen molar-refractivity contribution in [2.45, 2.75) is 45.4 Å². The number of nitrogens with one attached hydrogen (secondary N) is 1. The predicted molar refractivity (Wildman–Crippen MR) is 74.0 cm³/mol. The molecular weight excluding hydrogens is 286 g/mol. The van der Waals surface area contributed by atoms with Crippen LogP contribution in [0.3, 0.4) is 0 Å². The lowest BCUT2D eigenvalue weighted by Crippen LogP contribution is -2.35. The van der Waals surface area contributed by atoms with E-state index in [0.29, 0.717) is 6.04 Å². The molecule has 0 fully saturated rings. The minimum absolute atomic E-state index is 0.0564. The van der Waals surface area contributed by atoms with Gasteiger partial charge in [0.05, 0.1) is 5.60 Å². The summed E-state index contributed by atoms with van der Waals surface area (Å²) < 4.78 is 6.62. The van der Waals surface area contributed by atoms with Gasteiger partial charge in [0.25, 0.3) is 0 Å². The molecule has 16 heavy (non-hydrogen) atoms. The summed E-state index contributed by atoms with van der Waals surface area (Å²) in [6.45, 7) is 7.35. The molecule has 0 aromatic carbocycles. The lowest BCUT2D eigenvalue weighted by Gasteiger charge is -2.27. The van der Waals surface area contributed by atoms with Crippen LogP contribution in [-0.2, 0) is 11.3 Å². The highest BCUT2D eigenvalue weighted by Gasteiger charge is 2.19. The molecule has 1 N–H and O–H groups in total. The Hall–Kier alpha value is 0.100. The molecule has 0 radical (unpaired) electrons. The Labute approximate surface area is 111 Å². The van der Waals surface area contributed by atoms with Crippen LogP contribution < -0.4 is 5.32 Å². The number of thiophene rings is 1. The fourth-order valence-corrected chi connectivity index (χ4v) is 3.05. The van der Waals surface area contributed by atoms with Gasteiger partial charge in [-0.3, -0.25) is 0 Å². The first kappa shape index (κ1) is 14.2. The number of ether oxygens (including phenoxy) is 1. The van der Waals surface area contributed by atoms with Gasteiger partial charge < -0.3 is 10.1 Å². The zero-order valence-corrected chi connectivity index (χ0v) is 12.7. The second kappa shape index (κ2) is 6.15. The molecule has 1 rings (SSSR count). The maximum atomic E-state index is 5.42. The van der Waals surface area contributed by atoms with E-state index in [-0.39, 0.29) is 5.60 Å². The molecule has 0 saturated heterocycles. The van der Waals surface area contributed by atoms with Gasteiger partial charge >= 0.3 is 0 Å². The van der Waals surface area contributed by atoms with E-state index in [0.717, 1.165) is 13.0 Å². The number of methoxy groups -OCH3 is 1. The van der Waals surface area contributed by atoms with E-state index >= 15 is 0 Å². The highest BCUT2D eigenvalue weighted by atomic mass is 79.9. The summed E-state index contributed by atoms with van der Waals surface area (Å²) >= 11 is 5.31. The SMILES string of the molecule is COC(C)(C)CC(C)NCc1sccc1Br. The van der Waals surface area contributed by atoms with Gasteiger partial charge in [0.1, 0.15) is 0 Å². The first-order valence-electron chi connectivity index (χ1n) is 5.45. The highest BCUT2D eigenvalue weighted by molar-refractivity contribution is 9.10. The first-order valence-corrected chi connectivity index (χ1v) is 7.12. The lowest BCUT2D eigenvalue weighted by atomic mass is 10.00. The van der Waals surface area contributed by atoms with Gasteiger partial charge in [0.15, 0.2) is 0 Å². The minimum Gasteiger partial charge on any atom is -0.379 e. The smallest absolute Gasteiger partial charge is 0.0637 e. The molecule has 0 spiro atoms. The Kier molecular flexibility index (Phi) is 5.44. The third-order valence-corrected chi connectivity index (χ3v) is 4.58. The first-order chi connectivity index (χ1) is 7.44. The van der Waals surface area contributed by atoms with E-state index in [2.05, 4.69) is 53.5 Å². The summed E-state index contributed by atoms with van der Waals surface area (Å²) in [6.07, 6.45) is 1.01. The maximum Gasteiger partial charge on any atom is 0.0637 e. The van der Waals surface area contributed by atoms with Crippen molar-refractivity contribution in [3.05, 3.63) is 20.8 Å². The fraction of sp³-hybridized carbons (Fsp3) is 0.667. The van der Waals surface area contributed by atoms with Crippen molar-refractivity contribution in [2.24, 2.45) is 0 Å². The van der Waals surface area contributed by atoms with Crippen molar-refractivity contribution in [3.8, 4) is 0 Å². The Morgan fingerprint density at radius 3 is 2.75 bits per heavy atom. The number of rotatable bonds is 6. The Balaban J connectivity index is 2.36. The average molecular weight is 306 g/mol. The summed E-state index contributed by atoms with van der Waals surface area (Å²) in [5.74, 6) is 0. The maximum absolute atomic E-state index is 5.42. The van der Waals surface area contributed by atoms with E-state index in [1.807, 2.05) is 0 Å². The van der Waals surface area contributed by atoms with Crippen LogP contribution in [0.25, 0.3) is 0 Å². The van der Waals surface area contributed by atoms with Crippen LogP contribution in [0, 0.1) is 0 Å². The number of hydrogen-bond acceptors (Lipinski definition) is 3. The van der Waals surface area contributed by atoms with Crippen LogP contribution in [0.15, 0.2) is 15.9 Å². The largest absolute Gasteiger partial charge is 0.379 e. The van der Waals surface area contributed by atoms with Crippen LogP contribution >= 0.6 is 27.3 Å². The van der Waals surface area contributed by atoms with Gasteiger partial charge in [-0.25, -0.2) is 0 Å². The predicted octanol–water partition coefficient (Wildman–Crippen LogP) is 3.80. The van der Waals surface area contributed by atoms with Gasteiger partial charge in [-0.15, -0.1) is 11.3 Å². The second-order valence-corrected chi connectivity index (χ2v) is 6.50. The Bertz CT molecular complexity index is 325. The zero-order valence-electron chi connectivity index (χ0n) is 10.3. The van der Waals surface area contributed by atoms with Crippen LogP contribution in [0.1, 0.15) is 32.1 Å². The molecule has 1 atom stereocenters. The molecule has 1 aromatic heterocycles. The summed E-state index contributed by atoms with van der Waals surface area (Å²) in [5.41, 5.74) is -0.0564. The molecule has 0 aliphatic heterocycles. The monoisotopic (exact) mass is 305 g/mol. The third kappa shape index (κ3) is 4.53. The van der Waals surface area contributed by atoms with E-state index in [1.54, 1.807) is 18.4 Å². The van der Waals surface area contributed by atoms with Crippen LogP contribution in [-0.4, -0.2) is 18.8 Å². The van der Waals surface area contributed by atoms with Gasteiger partial charge in [-0.05, 0) is 54.6 Å². The van der Waals surface area contributed by atoms with Crippen molar-refractivity contribution in [2.75, 3.05) is 7.11 Å². The van der Waals surface area contributed by atoms with E-state index in [9.17, 15) is 0 Å². The lowest BCUT2D eigenvalue weighted by molar-refractivity contribution is 0.00846. The summed E-state index contributed by atoms with van der Waals surface area (Å²) in [4.78, 5) is 1.35. The molecule has 0 amide bonds. The third-order valence-electron chi connectivity index (χ3n) is 2.65. The zero-order chi connectivity index (χ0) is 12.2. The number of hydrogen-bond donors (Lipinski definition) is 1. The van der Waals surface area contributed by atoms with Gasteiger partial charge in [0.2, 0.25) is 0 Å². The van der Waals surface area contributed by atoms with Crippen LogP contribution in [0.5, 0.6) is 0 Å². The van der Waals surface area contributed by atoms with Crippen molar-refractivity contribution < 1.29 is 4.74 Å². The van der Waals surface area contributed by atoms with Crippen molar-refractivity contribution >= 4 is 27.3 Å². The van der Waals surface area contributed by atoms with E-state index in [4.69, 9.17) is 4.74 Å². The second-order valence-electron chi connectivity index (χ2n) is 4.64. The molecule has 2 nitrogen and oxygen atoms in total. The molecule has 0 bridgehead atoms. The molecule has 1 heterocycles. The normalized spacial score (nSPS) is 14.1. The molecule has 1 unspecified atom stereocenters. The molecule has 92 valence electrons. The molecular formula is C12H20BrNOS. The van der Waals surface area contributed by atoms with Crippen LogP contribution in [0.4, 0.5) is 0 Å². The van der Waals surface area contributed by atoms with Gasteiger partial charge in [-0.2, -0.15) is 0 Å². The molecule has 1 aromatic rings. The van der Waals surface area contributed by atoms with Gasteiger partial charge in [-0.1, -0.05) is 0 Å². The Morgan fingerprint density at radius 2 is 2.25 bits per heavy atom. The summed E-state index contributed by atoms with van der Waals surface area (Å²) in [7, 11) is 1.77. The standard InChI is InChI=1S/C12H20BrNOS/c1-9(7-12(2,3)15-4)14-8-11-10(13)5-6-16-11/h5-6,9,14H,7-8H2,1-4H3. The van der Waals surface area contributed by atoms with Crippen molar-refractivity contribution in [1.82, 2.24) is 5.32 Å². The van der Waals surface area contributed by atoms with Gasteiger partial charge in [0, 0.05) is 29.0 Å². The molecule has 0 saturated carbocycles. The van der Waals surface area contributed by atoms with Crippen molar-refractivity contribution in [3.63, 3.8) is 0 Å². The summed E-state index contributed by atoms with van der Waals surface area (Å²) in [6, 6.07) is 2.54. The van der Waals surface area contributed by atoms with E-state index < -0.39 is 0 Å². The quantitative estimate of drug-likeness (QED) is 0.863. The van der Waals surface area contributed by atoms with E-state index in [1.165, 1.54) is 9.35 Å². The minimum atomic E-state index is -0.0564.